The number of nitrogens with zero attached hydrogens (tertiary/aromatic N) is 2. The summed E-state index contributed by atoms with van der Waals surface area (Å²) < 4.78 is 7.34. The molecule has 162 valence electrons. The highest BCUT2D eigenvalue weighted by atomic mass is 35.5. The number of non-ortho nitro benzene ring substituents is 1. The van der Waals surface area contributed by atoms with Crippen molar-refractivity contribution in [3.8, 4) is 0 Å². The fourth-order valence-electron chi connectivity index (χ4n) is 3.04. The van der Waals surface area contributed by atoms with E-state index in [0.717, 1.165) is 22.3 Å². The van der Waals surface area contributed by atoms with Gasteiger partial charge >= 0.3 is 5.97 Å². The van der Waals surface area contributed by atoms with Crippen molar-refractivity contribution < 1.29 is 19.2 Å². The van der Waals surface area contributed by atoms with Crippen LogP contribution in [0.25, 0.3) is 0 Å². The number of amides is 1. The number of halogens is 1. The number of nitro groups is 1. The van der Waals surface area contributed by atoms with Gasteiger partial charge in [-0.3, -0.25) is 14.9 Å². The summed E-state index contributed by atoms with van der Waals surface area (Å²) in [6, 6.07) is 9.41. The van der Waals surface area contributed by atoms with Gasteiger partial charge in [0.25, 0.3) is 11.6 Å². The number of ether oxygens (including phenoxy) is 1. The second kappa shape index (κ2) is 9.32. The van der Waals surface area contributed by atoms with E-state index >= 15 is 0 Å². The molecule has 0 saturated heterocycles. The Kier molecular flexibility index (Phi) is 6.77. The molecule has 1 atom stereocenters. The highest BCUT2D eigenvalue weighted by molar-refractivity contribution is 7.09. The maximum absolute atomic E-state index is 12.7. The van der Waals surface area contributed by atoms with E-state index in [1.165, 1.54) is 19.1 Å². The summed E-state index contributed by atoms with van der Waals surface area (Å²) in [7, 11) is 0. The van der Waals surface area contributed by atoms with Crippen LogP contribution in [-0.4, -0.2) is 27.5 Å². The van der Waals surface area contributed by atoms with Crippen molar-refractivity contribution in [2.24, 2.45) is 0 Å². The molecule has 31 heavy (non-hydrogen) atoms. The Hall–Kier alpha value is -3.17. The number of hydrogen-bond acceptors (Lipinski definition) is 6. The molecule has 2 aromatic heterocycles. The summed E-state index contributed by atoms with van der Waals surface area (Å²) in [5.74, 6) is -1.28. The molecule has 10 heteroatoms. The third-order valence-electron chi connectivity index (χ3n) is 4.76. The van der Waals surface area contributed by atoms with Crippen LogP contribution in [0.4, 0.5) is 11.4 Å². The van der Waals surface area contributed by atoms with Crippen molar-refractivity contribution in [2.75, 3.05) is 5.32 Å². The molecule has 2 heterocycles. The number of nitrogens with one attached hydrogen (secondary N) is 1. The molecule has 1 aromatic carbocycles. The summed E-state index contributed by atoms with van der Waals surface area (Å²) in [5.41, 5.74) is 1.87. The molecule has 1 N–H and O–H groups in total. The predicted molar refractivity (Wildman–Crippen MR) is 119 cm³/mol. The zero-order valence-electron chi connectivity index (χ0n) is 17.0. The number of aromatic nitrogens is 1. The van der Waals surface area contributed by atoms with E-state index in [2.05, 4.69) is 5.32 Å². The normalized spacial score (nSPS) is 11.7. The van der Waals surface area contributed by atoms with Crippen LogP contribution in [0.3, 0.4) is 0 Å². The van der Waals surface area contributed by atoms with Crippen molar-refractivity contribution in [3.05, 3.63) is 78.7 Å². The lowest BCUT2D eigenvalue weighted by Gasteiger charge is -2.14. The van der Waals surface area contributed by atoms with Crippen LogP contribution in [0.15, 0.2) is 41.8 Å². The highest BCUT2D eigenvalue weighted by Crippen LogP contribution is 2.27. The number of carbonyl (C=O) groups excluding carboxylic acids is 2. The molecular weight excluding hydrogens is 442 g/mol. The smallest absolute Gasteiger partial charge is 0.340 e. The molecule has 0 radical (unpaired) electrons. The Morgan fingerprint density at radius 3 is 2.68 bits per heavy atom. The summed E-state index contributed by atoms with van der Waals surface area (Å²) in [6.07, 6.45) is -1.14. The first-order valence-corrected chi connectivity index (χ1v) is 10.6. The van der Waals surface area contributed by atoms with Gasteiger partial charge in [0.2, 0.25) is 0 Å². The van der Waals surface area contributed by atoms with Crippen molar-refractivity contribution >= 4 is 46.2 Å². The van der Waals surface area contributed by atoms with Gasteiger partial charge in [-0.2, -0.15) is 0 Å². The summed E-state index contributed by atoms with van der Waals surface area (Å²) in [6.45, 7) is 5.79. The molecule has 1 unspecified atom stereocenters. The minimum absolute atomic E-state index is 0.0675. The van der Waals surface area contributed by atoms with E-state index < -0.39 is 22.9 Å². The molecular formula is C21H20ClN3O5S. The molecule has 1 amide bonds. The quantitative estimate of drug-likeness (QED) is 0.304. The van der Waals surface area contributed by atoms with Gasteiger partial charge in [0.15, 0.2) is 6.10 Å². The van der Waals surface area contributed by atoms with Crippen molar-refractivity contribution in [1.82, 2.24) is 4.57 Å². The molecule has 0 aliphatic heterocycles. The first-order chi connectivity index (χ1) is 14.7. The molecule has 3 rings (SSSR count). The number of thiophene rings is 1. The molecule has 0 bridgehead atoms. The number of anilines is 1. The standard InChI is InChI=1S/C21H20ClN3O5S/c1-12-9-17(13(2)24(12)11-16-5-4-8-31-16)21(27)30-14(3)20(26)23-19-10-15(25(28)29)6-7-18(19)22/h4-10,14H,11H2,1-3H3,(H,23,26). The summed E-state index contributed by atoms with van der Waals surface area (Å²) in [5, 5.41) is 15.5. The second-order valence-electron chi connectivity index (χ2n) is 6.91. The monoisotopic (exact) mass is 461 g/mol. The second-order valence-corrected chi connectivity index (χ2v) is 8.35. The molecule has 0 spiro atoms. The van der Waals surface area contributed by atoms with Crippen LogP contribution in [0.2, 0.25) is 5.02 Å². The average molecular weight is 462 g/mol. The fourth-order valence-corrected chi connectivity index (χ4v) is 3.90. The van der Waals surface area contributed by atoms with E-state index in [9.17, 15) is 19.7 Å². The predicted octanol–water partition coefficient (Wildman–Crippen LogP) is 4.96. The zero-order valence-corrected chi connectivity index (χ0v) is 18.6. The summed E-state index contributed by atoms with van der Waals surface area (Å²) in [4.78, 5) is 36.6. The first kappa shape index (κ1) is 22.5. The van der Waals surface area contributed by atoms with Crippen molar-refractivity contribution in [2.45, 2.75) is 33.4 Å². The first-order valence-electron chi connectivity index (χ1n) is 9.32. The molecule has 0 aliphatic carbocycles. The van der Waals surface area contributed by atoms with Gasteiger partial charge in [-0.15, -0.1) is 11.3 Å². The number of hydrogen-bond donors (Lipinski definition) is 1. The summed E-state index contributed by atoms with van der Waals surface area (Å²) >= 11 is 7.63. The van der Waals surface area contributed by atoms with Gasteiger partial charge < -0.3 is 14.6 Å². The Labute approximate surface area is 187 Å². The van der Waals surface area contributed by atoms with E-state index in [1.54, 1.807) is 17.4 Å². The Morgan fingerprint density at radius 1 is 1.29 bits per heavy atom. The van der Waals surface area contributed by atoms with Crippen LogP contribution in [0, 0.1) is 24.0 Å². The topological polar surface area (TPSA) is 103 Å². The highest BCUT2D eigenvalue weighted by Gasteiger charge is 2.24. The Bertz CT molecular complexity index is 1140. The largest absolute Gasteiger partial charge is 0.449 e. The number of aryl methyl sites for hydroxylation is 1. The minimum Gasteiger partial charge on any atom is -0.449 e. The van der Waals surface area contributed by atoms with Crippen LogP contribution >= 0.6 is 22.9 Å². The van der Waals surface area contributed by atoms with Crippen LogP contribution in [0.1, 0.15) is 33.5 Å². The molecule has 8 nitrogen and oxygen atoms in total. The Balaban J connectivity index is 1.70. The van der Waals surface area contributed by atoms with Crippen molar-refractivity contribution in [3.63, 3.8) is 0 Å². The maximum Gasteiger partial charge on any atom is 0.340 e. The van der Waals surface area contributed by atoms with Gasteiger partial charge in [-0.25, -0.2) is 4.79 Å². The van der Waals surface area contributed by atoms with Crippen LogP contribution in [0.5, 0.6) is 0 Å². The van der Waals surface area contributed by atoms with E-state index in [-0.39, 0.29) is 16.4 Å². The number of nitro benzene ring substituents is 1. The lowest BCUT2D eigenvalue weighted by molar-refractivity contribution is -0.384. The lowest BCUT2D eigenvalue weighted by atomic mass is 10.2. The van der Waals surface area contributed by atoms with Crippen LogP contribution in [-0.2, 0) is 16.1 Å². The number of rotatable bonds is 7. The SMILES string of the molecule is Cc1cc(C(=O)OC(C)C(=O)Nc2cc([N+](=O)[O-])ccc2Cl)c(C)n1Cc1cccs1. The Morgan fingerprint density at radius 2 is 2.03 bits per heavy atom. The molecule has 0 fully saturated rings. The van der Waals surface area contributed by atoms with Gasteiger partial charge in [0.05, 0.1) is 27.7 Å². The van der Waals surface area contributed by atoms with E-state index in [4.69, 9.17) is 16.3 Å². The van der Waals surface area contributed by atoms with Crippen LogP contribution < -0.4 is 5.32 Å². The zero-order chi connectivity index (χ0) is 22.7. The maximum atomic E-state index is 12.7. The third kappa shape index (κ3) is 5.12. The molecule has 0 aliphatic rings. The third-order valence-corrected chi connectivity index (χ3v) is 5.95. The average Bonchev–Trinajstić information content (AvgIpc) is 3.33. The van der Waals surface area contributed by atoms with E-state index in [1.807, 2.05) is 35.9 Å². The van der Waals surface area contributed by atoms with Gasteiger partial charge in [-0.1, -0.05) is 17.7 Å². The molecule has 3 aromatic rings. The minimum atomic E-state index is -1.14. The lowest BCUT2D eigenvalue weighted by Crippen LogP contribution is -2.30. The van der Waals surface area contributed by atoms with E-state index in [0.29, 0.717) is 12.1 Å². The van der Waals surface area contributed by atoms with Gasteiger partial charge in [0, 0.05) is 28.4 Å². The molecule has 0 saturated carbocycles. The van der Waals surface area contributed by atoms with Crippen molar-refractivity contribution in [1.29, 1.82) is 0 Å². The number of benzene rings is 1. The number of esters is 1. The number of carbonyl (C=O) groups is 2. The fraction of sp³-hybridized carbons (Fsp3) is 0.238. The van der Waals surface area contributed by atoms with Gasteiger partial charge in [0.1, 0.15) is 0 Å². The van der Waals surface area contributed by atoms with Gasteiger partial charge in [-0.05, 0) is 44.4 Å².